The maximum atomic E-state index is 14.8. The summed E-state index contributed by atoms with van der Waals surface area (Å²) in [6.07, 6.45) is 6.32. The van der Waals surface area contributed by atoms with E-state index < -0.39 is 5.82 Å². The lowest BCUT2D eigenvalue weighted by atomic mass is 9.39. The number of hydrogen-bond donors (Lipinski definition) is 1. The van der Waals surface area contributed by atoms with Crippen LogP contribution >= 0.6 is 0 Å². The molecule has 1 aliphatic heterocycles. The largest absolute Gasteiger partial charge is 0.371 e. The average Bonchev–Trinajstić information content (AvgIpc) is 3.10. The maximum absolute atomic E-state index is 14.8. The second kappa shape index (κ2) is 7.83. The third kappa shape index (κ3) is 3.75. The van der Waals surface area contributed by atoms with E-state index in [9.17, 15) is 9.65 Å². The number of nitriles is 1. The highest BCUT2D eigenvalue weighted by molar-refractivity contribution is 6.68. The summed E-state index contributed by atoms with van der Waals surface area (Å²) in [5, 5.41) is 12.2. The molecule has 1 fully saturated rings. The predicted molar refractivity (Wildman–Crippen MR) is 119 cm³/mol. The van der Waals surface area contributed by atoms with Crippen molar-refractivity contribution in [3.05, 3.63) is 59.9 Å². The van der Waals surface area contributed by atoms with Gasteiger partial charge in [0.15, 0.2) is 11.6 Å². The highest BCUT2D eigenvalue weighted by atomic mass is 19.1. The van der Waals surface area contributed by atoms with Gasteiger partial charge in [0.2, 0.25) is 0 Å². The van der Waals surface area contributed by atoms with Gasteiger partial charge < -0.3 is 14.6 Å². The van der Waals surface area contributed by atoms with Gasteiger partial charge in [0.25, 0.3) is 6.71 Å². The number of rotatable bonds is 4. The Labute approximate surface area is 176 Å². The molecule has 1 unspecified atom stereocenters. The second-order valence-corrected chi connectivity index (χ2v) is 8.10. The number of anilines is 2. The topological polar surface area (TPSA) is 69.2 Å². The zero-order chi connectivity index (χ0) is 21.4. The number of nitrogens with one attached hydrogen (secondary N) is 1. The molecule has 1 atom stereocenters. The first-order chi connectivity index (χ1) is 14.4. The van der Waals surface area contributed by atoms with Crippen molar-refractivity contribution in [3.63, 3.8) is 0 Å². The van der Waals surface area contributed by atoms with Gasteiger partial charge in [-0.05, 0) is 37.6 Å². The molecule has 8 heteroatoms. The average molecular weight is 402 g/mol. The number of halogens is 1. The molecule has 3 aromatic heterocycles. The number of imidazole rings is 1. The number of aromatic nitrogens is 3. The first-order valence-electron chi connectivity index (χ1n) is 10.1. The monoisotopic (exact) mass is 402 g/mol. The van der Waals surface area contributed by atoms with E-state index in [1.165, 1.54) is 6.07 Å². The van der Waals surface area contributed by atoms with Gasteiger partial charge in [0.1, 0.15) is 5.65 Å². The Hall–Kier alpha value is -3.34. The first kappa shape index (κ1) is 20.0. The van der Waals surface area contributed by atoms with Gasteiger partial charge in [-0.1, -0.05) is 13.5 Å². The lowest BCUT2D eigenvalue weighted by Gasteiger charge is -2.34. The van der Waals surface area contributed by atoms with Crippen molar-refractivity contribution in [2.24, 2.45) is 0 Å². The fourth-order valence-electron chi connectivity index (χ4n) is 4.04. The molecule has 4 heterocycles. The molecule has 1 N–H and O–H groups in total. The van der Waals surface area contributed by atoms with Crippen molar-refractivity contribution in [1.82, 2.24) is 14.4 Å². The van der Waals surface area contributed by atoms with Crippen LogP contribution in [-0.2, 0) is 0 Å². The third-order valence-electron chi connectivity index (χ3n) is 5.74. The number of fused-ring (bicyclic) bond motifs is 1. The van der Waals surface area contributed by atoms with Gasteiger partial charge in [-0.3, -0.25) is 0 Å². The number of pyridine rings is 2. The summed E-state index contributed by atoms with van der Waals surface area (Å²) in [5.74, 6) is 2.31. The summed E-state index contributed by atoms with van der Waals surface area (Å²) < 4.78 is 16.7. The minimum absolute atomic E-state index is 0.0587. The van der Waals surface area contributed by atoms with Crippen LogP contribution in [0.5, 0.6) is 0 Å². The Morgan fingerprint density at radius 1 is 1.37 bits per heavy atom. The van der Waals surface area contributed by atoms with Gasteiger partial charge >= 0.3 is 0 Å². The molecule has 4 rings (SSSR count). The van der Waals surface area contributed by atoms with Gasteiger partial charge in [0, 0.05) is 48.8 Å². The Kier molecular flexibility index (Phi) is 5.21. The molecule has 0 radical (unpaired) electrons. The van der Waals surface area contributed by atoms with E-state index >= 15 is 0 Å². The van der Waals surface area contributed by atoms with E-state index in [0.717, 1.165) is 47.6 Å². The zero-order valence-electron chi connectivity index (χ0n) is 17.5. The number of hydrogen-bond acceptors (Lipinski definition) is 5. The summed E-state index contributed by atoms with van der Waals surface area (Å²) in [7, 11) is 0. The molecule has 3 aromatic rings. The molecule has 0 aliphatic carbocycles. The Balaban J connectivity index is 1.51. The fourth-order valence-corrected chi connectivity index (χ4v) is 4.04. The normalized spacial score (nSPS) is 16.6. The molecule has 6 nitrogen and oxygen atoms in total. The van der Waals surface area contributed by atoms with Crippen LogP contribution < -0.4 is 10.2 Å². The van der Waals surface area contributed by atoms with Crippen molar-refractivity contribution in [2.45, 2.75) is 32.9 Å². The van der Waals surface area contributed by atoms with Crippen molar-refractivity contribution in [2.75, 3.05) is 23.3 Å². The second-order valence-electron chi connectivity index (χ2n) is 8.10. The Morgan fingerprint density at radius 2 is 2.17 bits per heavy atom. The molecule has 30 heavy (non-hydrogen) atoms. The molecule has 0 bridgehead atoms. The molecular formula is C22H24BFN6. The van der Waals surface area contributed by atoms with E-state index in [4.69, 9.17) is 0 Å². The summed E-state index contributed by atoms with van der Waals surface area (Å²) >= 11 is 0. The van der Waals surface area contributed by atoms with Gasteiger partial charge in [-0.15, -0.1) is 0 Å². The fraction of sp³-hybridized carbons (Fsp3) is 0.318. The SMILES string of the molecule is C=C(Nc1ncc(N2CCB(C#N)C(C)C2)cc1F)c1cc(C)c2nc(C)cn2c1. The molecule has 0 aromatic carbocycles. The van der Waals surface area contributed by atoms with Gasteiger partial charge in [-0.2, -0.15) is 0 Å². The summed E-state index contributed by atoms with van der Waals surface area (Å²) in [6, 6.07) is 3.47. The summed E-state index contributed by atoms with van der Waals surface area (Å²) in [4.78, 5) is 10.9. The molecule has 0 saturated carbocycles. The highest BCUT2D eigenvalue weighted by Gasteiger charge is 2.30. The van der Waals surface area contributed by atoms with E-state index in [2.05, 4.69) is 39.7 Å². The molecule has 0 amide bonds. The minimum Gasteiger partial charge on any atom is -0.371 e. The van der Waals surface area contributed by atoms with Crippen molar-refractivity contribution in [3.8, 4) is 5.97 Å². The van der Waals surface area contributed by atoms with Crippen LogP contribution in [0.25, 0.3) is 11.3 Å². The summed E-state index contributed by atoms with van der Waals surface area (Å²) in [5.41, 5.74) is 4.99. The van der Waals surface area contributed by atoms with Crippen LogP contribution in [0, 0.1) is 30.9 Å². The van der Waals surface area contributed by atoms with Gasteiger partial charge in [0.05, 0.1) is 17.6 Å². The van der Waals surface area contributed by atoms with Crippen LogP contribution in [0.4, 0.5) is 15.9 Å². The van der Waals surface area contributed by atoms with E-state index in [1.54, 1.807) is 6.20 Å². The van der Waals surface area contributed by atoms with Crippen LogP contribution in [0.15, 0.2) is 37.3 Å². The lowest BCUT2D eigenvalue weighted by Crippen LogP contribution is -2.40. The van der Waals surface area contributed by atoms with Crippen LogP contribution in [-0.4, -0.2) is 34.2 Å². The van der Waals surface area contributed by atoms with E-state index in [0.29, 0.717) is 5.70 Å². The van der Waals surface area contributed by atoms with Crippen LogP contribution in [0.3, 0.4) is 0 Å². The third-order valence-corrected chi connectivity index (χ3v) is 5.74. The predicted octanol–water partition coefficient (Wildman–Crippen LogP) is 4.34. The Morgan fingerprint density at radius 3 is 2.87 bits per heavy atom. The highest BCUT2D eigenvalue weighted by Crippen LogP contribution is 2.28. The summed E-state index contributed by atoms with van der Waals surface area (Å²) in [6.45, 7) is 11.6. The first-order valence-corrected chi connectivity index (χ1v) is 10.1. The molecule has 1 aliphatic rings. The van der Waals surface area contributed by atoms with E-state index in [1.807, 2.05) is 36.7 Å². The van der Waals surface area contributed by atoms with Gasteiger partial charge in [-0.25, -0.2) is 19.6 Å². The van der Waals surface area contributed by atoms with Crippen LogP contribution in [0.1, 0.15) is 23.7 Å². The van der Waals surface area contributed by atoms with Crippen molar-refractivity contribution >= 4 is 29.6 Å². The zero-order valence-corrected chi connectivity index (χ0v) is 17.5. The lowest BCUT2D eigenvalue weighted by molar-refractivity contribution is 0.624. The standard InChI is InChI=1S/C22H24BFN6/c1-14-7-18(12-30-11-16(3)27-22(14)30)17(4)28-21-20(24)8-19(9-26-21)29-6-5-23(13-25)15(2)10-29/h7-9,11-12,15H,4-6,10H2,1-3H3,(H,26,28). The van der Waals surface area contributed by atoms with Crippen molar-refractivity contribution in [1.29, 1.82) is 5.26 Å². The van der Waals surface area contributed by atoms with Crippen LogP contribution in [0.2, 0.25) is 12.1 Å². The molecule has 152 valence electrons. The quantitative estimate of drug-likeness (QED) is 0.658. The Bertz CT molecular complexity index is 1160. The molecule has 1 saturated heterocycles. The number of nitrogens with zero attached hydrogens (tertiary/aromatic N) is 5. The maximum Gasteiger partial charge on any atom is 0.274 e. The number of aryl methyl sites for hydroxylation is 2. The minimum atomic E-state index is -0.431. The molecule has 0 spiro atoms. The van der Waals surface area contributed by atoms with Crippen molar-refractivity contribution < 1.29 is 4.39 Å². The smallest absolute Gasteiger partial charge is 0.274 e. The molecular weight excluding hydrogens is 378 g/mol. The van der Waals surface area contributed by atoms with E-state index in [-0.39, 0.29) is 18.3 Å².